The lowest BCUT2D eigenvalue weighted by Gasteiger charge is -2.18. The first-order valence-electron chi connectivity index (χ1n) is 10.3. The second kappa shape index (κ2) is 10.8. The Morgan fingerprint density at radius 3 is 2.44 bits per heavy atom. The second-order valence-electron chi connectivity index (χ2n) is 7.39. The fraction of sp³-hybridized carbons (Fsp3) is 0.391. The number of hydrogen-bond donors (Lipinski definition) is 1. The van der Waals surface area contributed by atoms with Crippen LogP contribution in [0, 0.1) is 12.7 Å². The Morgan fingerprint density at radius 1 is 1.03 bits per heavy atom. The molecular weight excluding hydrogens is 458 g/mol. The van der Waals surface area contributed by atoms with Crippen molar-refractivity contribution in [1.82, 2.24) is 9.97 Å². The number of nitrogens with zero attached hydrogens (tertiary/aromatic N) is 2. The number of fused-ring (bicyclic) bond motifs is 1. The number of anilines is 1. The van der Waals surface area contributed by atoms with E-state index in [0.29, 0.717) is 46.7 Å². The number of aryl methyl sites for hydroxylation is 1. The third kappa shape index (κ3) is 5.84. The molecule has 2 aromatic carbocycles. The zero-order valence-corrected chi connectivity index (χ0v) is 19.1. The number of halogens is 4. The molecule has 3 rings (SSSR count). The van der Waals surface area contributed by atoms with Crippen LogP contribution in [0.2, 0.25) is 0 Å². The SMILES string of the molecule is COCC(COc1cc2c(NCc3cccc(C(F)(F)F)c3F)nc(C)nc2cc1OC)OC. The lowest BCUT2D eigenvalue weighted by atomic mass is 10.1. The molecule has 0 saturated carbocycles. The zero-order valence-electron chi connectivity index (χ0n) is 19.1. The van der Waals surface area contributed by atoms with Crippen molar-refractivity contribution in [1.29, 1.82) is 0 Å². The molecule has 184 valence electrons. The maximum atomic E-state index is 14.4. The molecular formula is C23H25F4N3O4. The Balaban J connectivity index is 1.93. The molecule has 7 nitrogen and oxygen atoms in total. The van der Waals surface area contributed by atoms with Crippen LogP contribution in [0.1, 0.15) is 17.0 Å². The van der Waals surface area contributed by atoms with Gasteiger partial charge in [-0.3, -0.25) is 0 Å². The molecule has 0 bridgehead atoms. The normalized spacial score (nSPS) is 12.6. The van der Waals surface area contributed by atoms with Gasteiger partial charge in [0.2, 0.25) is 0 Å². The lowest BCUT2D eigenvalue weighted by Crippen LogP contribution is -2.25. The van der Waals surface area contributed by atoms with E-state index in [0.717, 1.165) is 6.07 Å². The number of ether oxygens (including phenoxy) is 4. The Morgan fingerprint density at radius 2 is 1.79 bits per heavy atom. The quantitative estimate of drug-likeness (QED) is 0.417. The van der Waals surface area contributed by atoms with Crippen LogP contribution in [-0.2, 0) is 22.2 Å². The molecule has 1 heterocycles. The van der Waals surface area contributed by atoms with Gasteiger partial charge in [-0.15, -0.1) is 0 Å². The maximum absolute atomic E-state index is 14.4. The summed E-state index contributed by atoms with van der Waals surface area (Å²) in [4.78, 5) is 8.74. The van der Waals surface area contributed by atoms with Crippen LogP contribution in [-0.4, -0.2) is 50.6 Å². The number of methoxy groups -OCH3 is 3. The van der Waals surface area contributed by atoms with Crippen molar-refractivity contribution >= 4 is 16.7 Å². The minimum Gasteiger partial charge on any atom is -0.493 e. The van der Waals surface area contributed by atoms with Gasteiger partial charge in [-0.2, -0.15) is 13.2 Å². The summed E-state index contributed by atoms with van der Waals surface area (Å²) in [5.74, 6) is 0.204. The third-order valence-electron chi connectivity index (χ3n) is 5.03. The van der Waals surface area contributed by atoms with Gasteiger partial charge < -0.3 is 24.3 Å². The number of nitrogens with one attached hydrogen (secondary N) is 1. The number of benzene rings is 2. The summed E-state index contributed by atoms with van der Waals surface area (Å²) < 4.78 is 75.3. The third-order valence-corrected chi connectivity index (χ3v) is 5.03. The topological polar surface area (TPSA) is 74.7 Å². The predicted molar refractivity (Wildman–Crippen MR) is 118 cm³/mol. The molecule has 0 radical (unpaired) electrons. The largest absolute Gasteiger partial charge is 0.493 e. The lowest BCUT2D eigenvalue weighted by molar-refractivity contribution is -0.140. The van der Waals surface area contributed by atoms with Crippen molar-refractivity contribution in [2.75, 3.05) is 39.9 Å². The summed E-state index contributed by atoms with van der Waals surface area (Å²) in [6.07, 6.45) is -5.11. The van der Waals surface area contributed by atoms with Crippen molar-refractivity contribution in [3.05, 3.63) is 53.1 Å². The van der Waals surface area contributed by atoms with Gasteiger partial charge in [0.15, 0.2) is 11.5 Å². The Hall–Kier alpha value is -3.18. The van der Waals surface area contributed by atoms with E-state index in [-0.39, 0.29) is 24.8 Å². The summed E-state index contributed by atoms with van der Waals surface area (Å²) in [5, 5.41) is 3.45. The average Bonchev–Trinajstić information content (AvgIpc) is 2.79. The van der Waals surface area contributed by atoms with E-state index in [1.165, 1.54) is 20.3 Å². The Kier molecular flexibility index (Phi) is 8.11. The summed E-state index contributed by atoms with van der Waals surface area (Å²) in [5.41, 5.74) is -0.949. The van der Waals surface area contributed by atoms with Gasteiger partial charge in [0, 0.05) is 37.8 Å². The standard InChI is InChI=1S/C23H25F4N3O4/c1-13-29-18-9-19(33-4)20(34-12-15(32-3)11-31-2)8-16(18)22(30-13)28-10-14-6-5-7-17(21(14)24)23(25,26)27/h5-9,15H,10-12H2,1-4H3,(H,28,29,30). The fourth-order valence-corrected chi connectivity index (χ4v) is 3.33. The monoisotopic (exact) mass is 483 g/mol. The van der Waals surface area contributed by atoms with Crippen LogP contribution in [0.25, 0.3) is 10.9 Å². The van der Waals surface area contributed by atoms with Crippen molar-refractivity contribution in [3.63, 3.8) is 0 Å². The van der Waals surface area contributed by atoms with Crippen molar-refractivity contribution in [2.24, 2.45) is 0 Å². The first-order chi connectivity index (χ1) is 16.2. The molecule has 0 fully saturated rings. The van der Waals surface area contributed by atoms with Gasteiger partial charge >= 0.3 is 6.18 Å². The van der Waals surface area contributed by atoms with Gasteiger partial charge in [-0.05, 0) is 19.1 Å². The molecule has 0 saturated heterocycles. The van der Waals surface area contributed by atoms with Crippen LogP contribution < -0.4 is 14.8 Å². The molecule has 3 aromatic rings. The second-order valence-corrected chi connectivity index (χ2v) is 7.39. The van der Waals surface area contributed by atoms with E-state index in [2.05, 4.69) is 15.3 Å². The number of hydrogen-bond acceptors (Lipinski definition) is 7. The highest BCUT2D eigenvalue weighted by Gasteiger charge is 2.34. The molecule has 11 heteroatoms. The van der Waals surface area contributed by atoms with Gasteiger partial charge in [0.25, 0.3) is 0 Å². The van der Waals surface area contributed by atoms with Gasteiger partial charge in [-0.25, -0.2) is 14.4 Å². The first kappa shape index (κ1) is 25.4. The number of rotatable bonds is 10. The molecule has 1 atom stereocenters. The van der Waals surface area contributed by atoms with E-state index >= 15 is 0 Å². The molecule has 0 aliphatic heterocycles. The van der Waals surface area contributed by atoms with Gasteiger partial charge in [-0.1, -0.05) is 12.1 Å². The molecule has 1 unspecified atom stereocenters. The molecule has 1 aromatic heterocycles. The minimum atomic E-state index is -4.79. The fourth-order valence-electron chi connectivity index (χ4n) is 3.33. The van der Waals surface area contributed by atoms with Crippen molar-refractivity contribution < 1.29 is 36.5 Å². The van der Waals surface area contributed by atoms with Crippen LogP contribution in [0.5, 0.6) is 11.5 Å². The molecule has 1 N–H and O–H groups in total. The Bertz CT molecular complexity index is 1140. The summed E-state index contributed by atoms with van der Waals surface area (Å²) in [7, 11) is 4.57. The van der Waals surface area contributed by atoms with Gasteiger partial charge in [0.1, 0.15) is 30.2 Å². The molecule has 0 aliphatic rings. The van der Waals surface area contributed by atoms with Crippen LogP contribution in [0.4, 0.5) is 23.4 Å². The van der Waals surface area contributed by atoms with E-state index in [1.54, 1.807) is 26.2 Å². The number of alkyl halides is 3. The summed E-state index contributed by atoms with van der Waals surface area (Å²) in [6, 6.07) is 6.46. The highest BCUT2D eigenvalue weighted by molar-refractivity contribution is 5.91. The van der Waals surface area contributed by atoms with E-state index in [1.807, 2.05) is 0 Å². The van der Waals surface area contributed by atoms with E-state index in [4.69, 9.17) is 18.9 Å². The van der Waals surface area contributed by atoms with Crippen molar-refractivity contribution in [3.8, 4) is 11.5 Å². The van der Waals surface area contributed by atoms with Crippen LogP contribution >= 0.6 is 0 Å². The molecule has 0 aliphatic carbocycles. The van der Waals surface area contributed by atoms with Crippen molar-refractivity contribution in [2.45, 2.75) is 25.7 Å². The molecule has 34 heavy (non-hydrogen) atoms. The minimum absolute atomic E-state index is 0.147. The zero-order chi connectivity index (χ0) is 24.9. The highest BCUT2D eigenvalue weighted by atomic mass is 19.4. The summed E-state index contributed by atoms with van der Waals surface area (Å²) in [6.45, 7) is 1.95. The van der Waals surface area contributed by atoms with Gasteiger partial charge in [0.05, 0.1) is 24.8 Å². The van der Waals surface area contributed by atoms with E-state index in [9.17, 15) is 17.6 Å². The summed E-state index contributed by atoms with van der Waals surface area (Å²) >= 11 is 0. The Labute approximate surface area is 194 Å². The van der Waals surface area contributed by atoms with Crippen LogP contribution in [0.3, 0.4) is 0 Å². The molecule has 0 spiro atoms. The van der Waals surface area contributed by atoms with E-state index < -0.39 is 17.6 Å². The molecule has 0 amide bonds. The average molecular weight is 483 g/mol. The predicted octanol–water partition coefficient (Wildman–Crippen LogP) is 4.76. The highest BCUT2D eigenvalue weighted by Crippen LogP contribution is 2.35. The van der Waals surface area contributed by atoms with Crippen LogP contribution in [0.15, 0.2) is 30.3 Å². The smallest absolute Gasteiger partial charge is 0.419 e. The number of aromatic nitrogens is 2. The first-order valence-corrected chi connectivity index (χ1v) is 10.3. The maximum Gasteiger partial charge on any atom is 0.419 e.